The predicted molar refractivity (Wildman–Crippen MR) is 59.7 cm³/mol. The molecule has 0 aromatic heterocycles. The third-order valence-corrected chi connectivity index (χ3v) is 3.31. The van der Waals surface area contributed by atoms with E-state index >= 15 is 0 Å². The fraction of sp³-hybridized carbons (Fsp3) is 0.909. The summed E-state index contributed by atoms with van der Waals surface area (Å²) in [6.07, 6.45) is 4.31. The van der Waals surface area contributed by atoms with Crippen LogP contribution in [0.2, 0.25) is 0 Å². The number of rotatable bonds is 4. The first-order chi connectivity index (χ1) is 7.24. The van der Waals surface area contributed by atoms with Crippen molar-refractivity contribution in [3.63, 3.8) is 0 Å². The maximum Gasteiger partial charge on any atom is 0.220 e. The summed E-state index contributed by atoms with van der Waals surface area (Å²) in [5, 5.41) is 6.50. The highest BCUT2D eigenvalue weighted by molar-refractivity contribution is 5.78. The lowest BCUT2D eigenvalue weighted by molar-refractivity contribution is -0.119. The number of likely N-dealkylation sites (N-methyl/N-ethyl adjacent to an activating group) is 1. The van der Waals surface area contributed by atoms with Gasteiger partial charge in [0.2, 0.25) is 5.91 Å². The molecule has 2 rings (SSSR count). The van der Waals surface area contributed by atoms with Gasteiger partial charge in [-0.15, -0.1) is 0 Å². The molecule has 2 aliphatic rings. The second kappa shape index (κ2) is 4.94. The summed E-state index contributed by atoms with van der Waals surface area (Å²) in [5.41, 5.74) is 0. The van der Waals surface area contributed by atoms with Crippen LogP contribution in [-0.4, -0.2) is 49.6 Å². The van der Waals surface area contributed by atoms with E-state index in [1.165, 1.54) is 19.4 Å². The van der Waals surface area contributed by atoms with Gasteiger partial charge in [-0.2, -0.15) is 0 Å². The standard InChI is InChI=1S/C11H21N3O/c1-14(7-9-3-2-6-12-9)8-10-4-5-11(15)13-10/h9-10,12H,2-8H2,1H3,(H,13,15). The maximum atomic E-state index is 11.0. The summed E-state index contributed by atoms with van der Waals surface area (Å²) >= 11 is 0. The highest BCUT2D eigenvalue weighted by Crippen LogP contribution is 2.10. The van der Waals surface area contributed by atoms with Crippen molar-refractivity contribution in [2.45, 2.75) is 37.8 Å². The van der Waals surface area contributed by atoms with Crippen molar-refractivity contribution in [2.24, 2.45) is 0 Å². The number of nitrogens with zero attached hydrogens (tertiary/aromatic N) is 1. The Morgan fingerprint density at radius 3 is 2.73 bits per heavy atom. The van der Waals surface area contributed by atoms with Crippen LogP contribution in [0.25, 0.3) is 0 Å². The van der Waals surface area contributed by atoms with E-state index in [1.54, 1.807) is 0 Å². The fourth-order valence-corrected chi connectivity index (χ4v) is 2.55. The van der Waals surface area contributed by atoms with Crippen LogP contribution in [0.4, 0.5) is 0 Å². The van der Waals surface area contributed by atoms with Crippen molar-refractivity contribution in [3.05, 3.63) is 0 Å². The predicted octanol–water partition coefficient (Wildman–Crippen LogP) is -0.0512. The summed E-state index contributed by atoms with van der Waals surface area (Å²) in [6, 6.07) is 1.04. The molecule has 4 heteroatoms. The second-order valence-electron chi connectivity index (χ2n) is 4.82. The van der Waals surface area contributed by atoms with Gasteiger partial charge in [0, 0.05) is 31.6 Å². The van der Waals surface area contributed by atoms with Gasteiger partial charge in [-0.05, 0) is 32.9 Å². The molecule has 0 aliphatic carbocycles. The van der Waals surface area contributed by atoms with Crippen molar-refractivity contribution < 1.29 is 4.79 Å². The molecule has 4 nitrogen and oxygen atoms in total. The molecule has 1 amide bonds. The summed E-state index contributed by atoms with van der Waals surface area (Å²) in [5.74, 6) is 0.215. The molecule has 86 valence electrons. The van der Waals surface area contributed by atoms with Crippen molar-refractivity contribution in [1.82, 2.24) is 15.5 Å². The smallest absolute Gasteiger partial charge is 0.220 e. The van der Waals surface area contributed by atoms with Crippen LogP contribution in [0.15, 0.2) is 0 Å². The lowest BCUT2D eigenvalue weighted by atomic mass is 10.2. The van der Waals surface area contributed by atoms with Crippen LogP contribution in [0.3, 0.4) is 0 Å². The number of amides is 1. The first-order valence-electron chi connectivity index (χ1n) is 5.95. The summed E-state index contributed by atoms with van der Waals surface area (Å²) in [6.45, 7) is 3.26. The number of hydrogen-bond donors (Lipinski definition) is 2. The Hall–Kier alpha value is -0.610. The molecule has 0 aromatic carbocycles. The lowest BCUT2D eigenvalue weighted by Crippen LogP contribution is -2.42. The van der Waals surface area contributed by atoms with Gasteiger partial charge in [-0.3, -0.25) is 4.79 Å². The van der Waals surface area contributed by atoms with Gasteiger partial charge in [-0.1, -0.05) is 0 Å². The summed E-state index contributed by atoms with van der Waals surface area (Å²) in [7, 11) is 2.14. The average Bonchev–Trinajstić information content (AvgIpc) is 2.77. The Balaban J connectivity index is 1.67. The molecule has 0 saturated carbocycles. The Bertz CT molecular complexity index is 226. The van der Waals surface area contributed by atoms with E-state index in [2.05, 4.69) is 22.6 Å². The molecule has 2 atom stereocenters. The number of carbonyl (C=O) groups is 1. The van der Waals surface area contributed by atoms with Crippen LogP contribution in [0, 0.1) is 0 Å². The minimum absolute atomic E-state index is 0.215. The summed E-state index contributed by atoms with van der Waals surface area (Å²) < 4.78 is 0. The molecule has 0 bridgehead atoms. The summed E-state index contributed by atoms with van der Waals surface area (Å²) in [4.78, 5) is 13.4. The van der Waals surface area contributed by atoms with Gasteiger partial charge in [0.15, 0.2) is 0 Å². The first kappa shape index (κ1) is 10.9. The lowest BCUT2D eigenvalue weighted by Gasteiger charge is -2.23. The van der Waals surface area contributed by atoms with E-state index in [-0.39, 0.29) is 5.91 Å². The number of carbonyl (C=O) groups excluding carboxylic acids is 1. The Kier molecular flexibility index (Phi) is 3.59. The largest absolute Gasteiger partial charge is 0.352 e. The quantitative estimate of drug-likeness (QED) is 0.685. The molecule has 0 radical (unpaired) electrons. The van der Waals surface area contributed by atoms with Crippen LogP contribution in [0.1, 0.15) is 25.7 Å². The molecule has 15 heavy (non-hydrogen) atoms. The van der Waals surface area contributed by atoms with Crippen LogP contribution < -0.4 is 10.6 Å². The van der Waals surface area contributed by atoms with Crippen LogP contribution in [-0.2, 0) is 4.79 Å². The van der Waals surface area contributed by atoms with E-state index in [1.807, 2.05) is 0 Å². The minimum Gasteiger partial charge on any atom is -0.352 e. The molecule has 2 aliphatic heterocycles. The zero-order chi connectivity index (χ0) is 10.7. The number of nitrogens with one attached hydrogen (secondary N) is 2. The highest BCUT2D eigenvalue weighted by Gasteiger charge is 2.23. The SMILES string of the molecule is CN(CC1CCCN1)CC1CCC(=O)N1. The maximum absolute atomic E-state index is 11.0. The van der Waals surface area contributed by atoms with E-state index < -0.39 is 0 Å². The van der Waals surface area contributed by atoms with Crippen LogP contribution in [0.5, 0.6) is 0 Å². The van der Waals surface area contributed by atoms with Crippen LogP contribution >= 0.6 is 0 Å². The second-order valence-corrected chi connectivity index (χ2v) is 4.82. The van der Waals surface area contributed by atoms with Gasteiger partial charge < -0.3 is 15.5 Å². The number of hydrogen-bond acceptors (Lipinski definition) is 3. The normalized spacial score (nSPS) is 31.2. The van der Waals surface area contributed by atoms with Gasteiger partial charge >= 0.3 is 0 Å². The molecule has 2 unspecified atom stereocenters. The highest BCUT2D eigenvalue weighted by atomic mass is 16.1. The van der Waals surface area contributed by atoms with Gasteiger partial charge in [0.1, 0.15) is 0 Å². The van der Waals surface area contributed by atoms with Gasteiger partial charge in [0.25, 0.3) is 0 Å². The molecular weight excluding hydrogens is 190 g/mol. The van der Waals surface area contributed by atoms with Gasteiger partial charge in [0.05, 0.1) is 0 Å². The Labute approximate surface area is 91.4 Å². The molecule has 2 heterocycles. The Morgan fingerprint density at radius 2 is 2.13 bits per heavy atom. The fourth-order valence-electron chi connectivity index (χ4n) is 2.55. The molecule has 0 aromatic rings. The topological polar surface area (TPSA) is 44.4 Å². The minimum atomic E-state index is 0.215. The molecule has 0 spiro atoms. The molecule has 2 saturated heterocycles. The third kappa shape index (κ3) is 3.18. The molecule has 2 N–H and O–H groups in total. The van der Waals surface area contributed by atoms with E-state index in [0.29, 0.717) is 18.5 Å². The van der Waals surface area contributed by atoms with E-state index in [4.69, 9.17) is 0 Å². The van der Waals surface area contributed by atoms with Crippen molar-refractivity contribution >= 4 is 5.91 Å². The zero-order valence-electron chi connectivity index (χ0n) is 9.46. The Morgan fingerprint density at radius 1 is 1.33 bits per heavy atom. The molecule has 2 fully saturated rings. The zero-order valence-corrected chi connectivity index (χ0v) is 9.46. The van der Waals surface area contributed by atoms with Crippen molar-refractivity contribution in [1.29, 1.82) is 0 Å². The van der Waals surface area contributed by atoms with Crippen molar-refractivity contribution in [3.8, 4) is 0 Å². The molecular formula is C11H21N3O. The van der Waals surface area contributed by atoms with Crippen molar-refractivity contribution in [2.75, 3.05) is 26.7 Å². The van der Waals surface area contributed by atoms with E-state index in [0.717, 1.165) is 19.5 Å². The first-order valence-corrected chi connectivity index (χ1v) is 5.95. The van der Waals surface area contributed by atoms with E-state index in [9.17, 15) is 4.79 Å². The third-order valence-electron chi connectivity index (χ3n) is 3.31. The average molecular weight is 211 g/mol. The van der Waals surface area contributed by atoms with Gasteiger partial charge in [-0.25, -0.2) is 0 Å². The monoisotopic (exact) mass is 211 g/mol.